The number of allylic oxidation sites excluding steroid dienone is 7. The molecular formula is C62H113NO10. The summed E-state index contributed by atoms with van der Waals surface area (Å²) < 4.78 is 17.6. The van der Waals surface area contributed by atoms with E-state index >= 15 is 0 Å². The third-order valence-corrected chi connectivity index (χ3v) is 14.2. The van der Waals surface area contributed by atoms with Crippen molar-refractivity contribution in [3.63, 3.8) is 0 Å². The number of hydrogen-bond donors (Lipinski definition) is 6. The van der Waals surface area contributed by atoms with Crippen LogP contribution in [0.3, 0.4) is 0 Å². The molecule has 1 aliphatic rings. The Labute approximate surface area is 446 Å². The fourth-order valence-corrected chi connectivity index (χ4v) is 9.31. The van der Waals surface area contributed by atoms with Crippen LogP contribution in [-0.4, -0.2) is 99.6 Å². The van der Waals surface area contributed by atoms with E-state index in [0.717, 1.165) is 89.9 Å². The van der Waals surface area contributed by atoms with Gasteiger partial charge in [0.25, 0.3) is 0 Å². The third-order valence-electron chi connectivity index (χ3n) is 14.2. The molecule has 1 heterocycles. The average molecular weight is 1030 g/mol. The fourth-order valence-electron chi connectivity index (χ4n) is 9.31. The van der Waals surface area contributed by atoms with Crippen LogP contribution >= 0.6 is 0 Å². The zero-order chi connectivity index (χ0) is 53.3. The van der Waals surface area contributed by atoms with Gasteiger partial charge in [0.2, 0.25) is 5.91 Å². The second-order valence-electron chi connectivity index (χ2n) is 21.1. The van der Waals surface area contributed by atoms with Crippen LogP contribution in [-0.2, 0) is 23.8 Å². The number of carbonyl (C=O) groups excluding carboxylic acids is 2. The maximum Gasteiger partial charge on any atom is 0.306 e. The lowest BCUT2D eigenvalue weighted by Crippen LogP contribution is -2.61. The SMILES string of the molecule is CCCC/C=C\CCCCCCCC(=O)OC1C(OCC(NC(=O)C(O)CCCCCCCCCCCC/C=C\C/C=C\CCCCC)C(O)/C=C/CCCCCCCCCCCCC)OC(CO)C(O)C1O. The maximum atomic E-state index is 13.4. The Balaban J connectivity index is 2.68. The summed E-state index contributed by atoms with van der Waals surface area (Å²) in [5, 5.41) is 56.9. The molecule has 11 heteroatoms. The Morgan fingerprint density at radius 2 is 0.959 bits per heavy atom. The maximum absolute atomic E-state index is 13.4. The Morgan fingerprint density at radius 3 is 1.48 bits per heavy atom. The van der Waals surface area contributed by atoms with Crippen molar-refractivity contribution in [2.24, 2.45) is 0 Å². The molecule has 0 bridgehead atoms. The number of nitrogens with one attached hydrogen (secondary N) is 1. The van der Waals surface area contributed by atoms with Gasteiger partial charge in [-0.25, -0.2) is 0 Å². The summed E-state index contributed by atoms with van der Waals surface area (Å²) in [6.45, 7) is 5.72. The highest BCUT2D eigenvalue weighted by Gasteiger charge is 2.47. The standard InChI is InChI=1S/C62H113NO10/c1-4-7-10-13-16-19-22-24-25-26-27-28-29-30-32-35-37-40-43-46-49-55(66)61(70)63-53(54(65)48-45-42-39-36-34-31-23-20-17-14-11-8-5-2)52-71-62-60(59(69)58(68)56(51-64)72-62)73-57(67)50-47-44-41-38-33-21-18-15-12-9-6-3/h15-16,18-19,24-25,45,48,53-56,58-60,62,64-66,68-69H,4-14,17,20-23,26-44,46-47,49-52H2,1-3H3,(H,63,70)/b18-15-,19-16-,25-24-,48-45+. The zero-order valence-corrected chi connectivity index (χ0v) is 47.0. The first-order valence-corrected chi connectivity index (χ1v) is 30.4. The second kappa shape index (κ2) is 50.4. The monoisotopic (exact) mass is 1030 g/mol. The van der Waals surface area contributed by atoms with E-state index in [1.165, 1.54) is 135 Å². The van der Waals surface area contributed by atoms with Crippen LogP contribution < -0.4 is 5.32 Å². The largest absolute Gasteiger partial charge is 0.454 e. The van der Waals surface area contributed by atoms with Crippen LogP contribution in [0.1, 0.15) is 271 Å². The van der Waals surface area contributed by atoms with Gasteiger partial charge < -0.3 is 45.1 Å². The van der Waals surface area contributed by atoms with E-state index in [1.807, 2.05) is 6.08 Å². The first-order valence-electron chi connectivity index (χ1n) is 30.4. The molecule has 11 nitrogen and oxygen atoms in total. The average Bonchev–Trinajstić information content (AvgIpc) is 3.39. The number of unbranched alkanes of at least 4 members (excludes halogenated alkanes) is 31. The van der Waals surface area contributed by atoms with Crippen LogP contribution in [0, 0.1) is 0 Å². The number of amides is 1. The van der Waals surface area contributed by atoms with Gasteiger partial charge in [-0.15, -0.1) is 0 Å². The molecule has 0 radical (unpaired) electrons. The Kier molecular flexibility index (Phi) is 47.4. The van der Waals surface area contributed by atoms with Gasteiger partial charge in [-0.3, -0.25) is 9.59 Å². The molecule has 426 valence electrons. The first kappa shape index (κ1) is 68.6. The molecule has 1 fully saturated rings. The molecule has 0 spiro atoms. The van der Waals surface area contributed by atoms with Crippen molar-refractivity contribution >= 4 is 11.9 Å². The summed E-state index contributed by atoms with van der Waals surface area (Å²) in [5.41, 5.74) is 0. The predicted octanol–water partition coefficient (Wildman–Crippen LogP) is 14.1. The highest BCUT2D eigenvalue weighted by Crippen LogP contribution is 2.26. The zero-order valence-electron chi connectivity index (χ0n) is 47.0. The van der Waals surface area contributed by atoms with Crippen LogP contribution in [0.5, 0.6) is 0 Å². The summed E-state index contributed by atoms with van der Waals surface area (Å²) in [6, 6.07) is -1.03. The van der Waals surface area contributed by atoms with Crippen LogP contribution in [0.15, 0.2) is 48.6 Å². The van der Waals surface area contributed by atoms with Gasteiger partial charge in [-0.1, -0.05) is 236 Å². The highest BCUT2D eigenvalue weighted by atomic mass is 16.7. The Morgan fingerprint density at radius 1 is 0.534 bits per heavy atom. The van der Waals surface area contributed by atoms with E-state index in [4.69, 9.17) is 14.2 Å². The van der Waals surface area contributed by atoms with Crippen molar-refractivity contribution in [2.75, 3.05) is 13.2 Å². The van der Waals surface area contributed by atoms with E-state index < -0.39 is 67.4 Å². The van der Waals surface area contributed by atoms with E-state index in [-0.39, 0.29) is 19.4 Å². The molecule has 0 aromatic rings. The van der Waals surface area contributed by atoms with Gasteiger partial charge in [0.1, 0.15) is 24.4 Å². The second-order valence-corrected chi connectivity index (χ2v) is 21.1. The van der Waals surface area contributed by atoms with Gasteiger partial charge >= 0.3 is 5.97 Å². The minimum absolute atomic E-state index is 0.113. The summed E-state index contributed by atoms with van der Waals surface area (Å²) in [7, 11) is 0. The predicted molar refractivity (Wildman–Crippen MR) is 301 cm³/mol. The molecule has 0 aromatic heterocycles. The van der Waals surface area contributed by atoms with Crippen molar-refractivity contribution in [3.8, 4) is 0 Å². The van der Waals surface area contributed by atoms with Gasteiger partial charge in [0.15, 0.2) is 12.4 Å². The molecular weight excluding hydrogens is 919 g/mol. The number of hydrogen-bond acceptors (Lipinski definition) is 10. The topological polar surface area (TPSA) is 175 Å². The van der Waals surface area contributed by atoms with E-state index in [2.05, 4.69) is 62.5 Å². The fraction of sp³-hybridized carbons (Fsp3) is 0.839. The molecule has 1 amide bonds. The van der Waals surface area contributed by atoms with Gasteiger partial charge in [0.05, 0.1) is 25.4 Å². The molecule has 0 aromatic carbocycles. The Bertz CT molecular complexity index is 1370. The van der Waals surface area contributed by atoms with Crippen LogP contribution in [0.25, 0.3) is 0 Å². The van der Waals surface area contributed by atoms with Crippen molar-refractivity contribution in [1.29, 1.82) is 0 Å². The van der Waals surface area contributed by atoms with Crippen molar-refractivity contribution in [3.05, 3.63) is 48.6 Å². The summed E-state index contributed by atoms with van der Waals surface area (Å²) in [6.07, 6.45) is 50.1. The molecule has 8 unspecified atom stereocenters. The third kappa shape index (κ3) is 38.8. The minimum atomic E-state index is -1.61. The summed E-state index contributed by atoms with van der Waals surface area (Å²) in [4.78, 5) is 26.5. The summed E-state index contributed by atoms with van der Waals surface area (Å²) >= 11 is 0. The van der Waals surface area contributed by atoms with Gasteiger partial charge in [0, 0.05) is 6.42 Å². The lowest BCUT2D eigenvalue weighted by Gasteiger charge is -2.41. The quantitative estimate of drug-likeness (QED) is 0.0195. The van der Waals surface area contributed by atoms with Crippen molar-refractivity contribution < 1.29 is 49.3 Å². The van der Waals surface area contributed by atoms with Gasteiger partial charge in [-0.05, 0) is 77.0 Å². The molecule has 1 saturated heterocycles. The normalized spacial score (nSPS) is 19.7. The van der Waals surface area contributed by atoms with Gasteiger partial charge in [-0.2, -0.15) is 0 Å². The molecule has 1 rings (SSSR count). The number of esters is 1. The van der Waals surface area contributed by atoms with Crippen molar-refractivity contribution in [2.45, 2.75) is 320 Å². The van der Waals surface area contributed by atoms with Crippen LogP contribution in [0.2, 0.25) is 0 Å². The number of carbonyl (C=O) groups is 2. The Hall–Kier alpha value is -2.38. The lowest BCUT2D eigenvalue weighted by atomic mass is 9.99. The lowest BCUT2D eigenvalue weighted by molar-refractivity contribution is -0.305. The minimum Gasteiger partial charge on any atom is -0.454 e. The highest BCUT2D eigenvalue weighted by molar-refractivity contribution is 5.80. The molecule has 8 atom stereocenters. The van der Waals surface area contributed by atoms with Crippen LogP contribution in [0.4, 0.5) is 0 Å². The van der Waals surface area contributed by atoms with E-state index in [1.54, 1.807) is 6.08 Å². The molecule has 0 saturated carbocycles. The molecule has 1 aliphatic heterocycles. The number of ether oxygens (including phenoxy) is 3. The van der Waals surface area contributed by atoms with E-state index in [9.17, 15) is 35.1 Å². The molecule has 0 aliphatic carbocycles. The summed E-state index contributed by atoms with van der Waals surface area (Å²) in [5.74, 6) is -1.20. The molecule has 73 heavy (non-hydrogen) atoms. The number of rotatable bonds is 51. The van der Waals surface area contributed by atoms with E-state index in [0.29, 0.717) is 12.8 Å². The van der Waals surface area contributed by atoms with Crippen molar-refractivity contribution in [1.82, 2.24) is 5.32 Å². The smallest absolute Gasteiger partial charge is 0.306 e. The first-order chi connectivity index (χ1) is 35.7. The molecule has 6 N–H and O–H groups in total. The number of aliphatic hydroxyl groups is 5. The number of aliphatic hydroxyl groups excluding tert-OH is 5.